The lowest BCUT2D eigenvalue weighted by Crippen LogP contribution is -2.36. The number of hydrogen-bond donors (Lipinski definition) is 1. The molecular weight excluding hydrogens is 420 g/mol. The van der Waals surface area contributed by atoms with Crippen molar-refractivity contribution in [3.8, 4) is 17.1 Å². The summed E-state index contributed by atoms with van der Waals surface area (Å²) in [6.07, 6.45) is 4.94. The van der Waals surface area contributed by atoms with Gasteiger partial charge in [-0.15, -0.1) is 16.8 Å². The van der Waals surface area contributed by atoms with E-state index < -0.39 is 0 Å². The Labute approximate surface area is 193 Å². The van der Waals surface area contributed by atoms with E-state index >= 15 is 0 Å². The number of nitrogens with one attached hydrogen (secondary N) is 1. The van der Waals surface area contributed by atoms with Crippen LogP contribution in [-0.4, -0.2) is 33.0 Å². The molecule has 0 bridgehead atoms. The molecule has 0 radical (unpaired) electrons. The Morgan fingerprint density at radius 3 is 2.81 bits per heavy atom. The van der Waals surface area contributed by atoms with Gasteiger partial charge in [0.05, 0.1) is 18.4 Å². The third-order valence-corrected chi connectivity index (χ3v) is 6.79. The van der Waals surface area contributed by atoms with Crippen LogP contribution in [0.15, 0.2) is 66.3 Å². The monoisotopic (exact) mass is 448 g/mol. The number of allylic oxidation sites excluding steroid dienone is 1. The lowest BCUT2D eigenvalue weighted by atomic mass is 9.88. The van der Waals surface area contributed by atoms with Gasteiger partial charge in [-0.1, -0.05) is 42.1 Å². The number of rotatable bonds is 8. The number of amides is 1. The van der Waals surface area contributed by atoms with Gasteiger partial charge in [0.15, 0.2) is 11.0 Å². The molecule has 6 nitrogen and oxygen atoms in total. The summed E-state index contributed by atoms with van der Waals surface area (Å²) in [5.74, 6) is 1.53. The summed E-state index contributed by atoms with van der Waals surface area (Å²) in [4.78, 5) is 13.0. The second kappa shape index (κ2) is 10.0. The molecule has 0 spiro atoms. The van der Waals surface area contributed by atoms with Crippen LogP contribution in [0, 0.1) is 0 Å². The van der Waals surface area contributed by atoms with E-state index in [0.29, 0.717) is 11.7 Å². The predicted octanol–water partition coefficient (Wildman–Crippen LogP) is 4.81. The SMILES string of the molecule is C=CCn1c(SC(C)C(=O)NC2CCCc3ccccc32)nnc1-c1ccc(OC)cc1. The number of hydrogen-bond acceptors (Lipinski definition) is 5. The fourth-order valence-corrected chi connectivity index (χ4v) is 4.90. The molecule has 1 N–H and O–H groups in total. The average Bonchev–Trinajstić information content (AvgIpc) is 3.21. The second-order valence-corrected chi connectivity index (χ2v) is 9.15. The number of benzene rings is 2. The minimum Gasteiger partial charge on any atom is -0.497 e. The molecule has 1 aliphatic rings. The zero-order valence-electron chi connectivity index (χ0n) is 18.5. The summed E-state index contributed by atoms with van der Waals surface area (Å²) >= 11 is 1.42. The topological polar surface area (TPSA) is 69.0 Å². The van der Waals surface area contributed by atoms with E-state index in [9.17, 15) is 4.79 Å². The summed E-state index contributed by atoms with van der Waals surface area (Å²) < 4.78 is 7.23. The van der Waals surface area contributed by atoms with Gasteiger partial charge in [-0.3, -0.25) is 9.36 Å². The standard InChI is InChI=1S/C25H28N4O2S/c1-4-16-29-23(19-12-14-20(31-3)15-13-19)27-28-25(29)32-17(2)24(30)26-22-11-7-9-18-8-5-6-10-21(18)22/h4-6,8,10,12-15,17,22H,1,7,9,11,16H2,2-3H3,(H,26,30). The van der Waals surface area contributed by atoms with Crippen molar-refractivity contribution in [3.63, 3.8) is 0 Å². The van der Waals surface area contributed by atoms with E-state index in [0.717, 1.165) is 36.4 Å². The van der Waals surface area contributed by atoms with Gasteiger partial charge in [-0.05, 0) is 61.6 Å². The Morgan fingerprint density at radius 1 is 1.28 bits per heavy atom. The van der Waals surface area contributed by atoms with Crippen LogP contribution in [0.3, 0.4) is 0 Å². The molecular formula is C25H28N4O2S. The minimum atomic E-state index is -0.305. The van der Waals surface area contributed by atoms with Crippen LogP contribution < -0.4 is 10.1 Å². The minimum absolute atomic E-state index is 0.0100. The quantitative estimate of drug-likeness (QED) is 0.395. The van der Waals surface area contributed by atoms with Gasteiger partial charge < -0.3 is 10.1 Å². The van der Waals surface area contributed by atoms with E-state index in [1.165, 1.54) is 22.9 Å². The van der Waals surface area contributed by atoms with Crippen LogP contribution in [0.2, 0.25) is 0 Å². The van der Waals surface area contributed by atoms with E-state index in [1.54, 1.807) is 7.11 Å². The Kier molecular flexibility index (Phi) is 6.95. The predicted molar refractivity (Wildman–Crippen MR) is 128 cm³/mol. The zero-order valence-corrected chi connectivity index (χ0v) is 19.3. The fourth-order valence-electron chi connectivity index (χ4n) is 4.03. The Balaban J connectivity index is 1.49. The number of thioether (sulfide) groups is 1. The number of methoxy groups -OCH3 is 1. The normalized spacial score (nSPS) is 16.1. The first-order chi connectivity index (χ1) is 15.6. The van der Waals surface area contributed by atoms with Crippen molar-refractivity contribution >= 4 is 17.7 Å². The van der Waals surface area contributed by atoms with E-state index in [-0.39, 0.29) is 17.2 Å². The van der Waals surface area contributed by atoms with Crippen molar-refractivity contribution in [2.24, 2.45) is 0 Å². The maximum Gasteiger partial charge on any atom is 0.233 e. The average molecular weight is 449 g/mol. The van der Waals surface area contributed by atoms with Crippen LogP contribution >= 0.6 is 11.8 Å². The molecule has 1 heterocycles. The molecule has 4 rings (SSSR count). The molecule has 32 heavy (non-hydrogen) atoms. The van der Waals surface area contributed by atoms with Crippen LogP contribution in [-0.2, 0) is 17.8 Å². The molecule has 1 aromatic heterocycles. The lowest BCUT2D eigenvalue weighted by Gasteiger charge is -2.27. The maximum atomic E-state index is 13.0. The molecule has 2 atom stereocenters. The number of ether oxygens (including phenoxy) is 1. The van der Waals surface area contributed by atoms with Gasteiger partial charge in [0.2, 0.25) is 5.91 Å². The molecule has 2 aromatic carbocycles. The molecule has 2 unspecified atom stereocenters. The zero-order chi connectivity index (χ0) is 22.5. The van der Waals surface area contributed by atoms with Crippen molar-refractivity contribution in [1.82, 2.24) is 20.1 Å². The molecule has 0 saturated heterocycles. The smallest absolute Gasteiger partial charge is 0.233 e. The highest BCUT2D eigenvalue weighted by Gasteiger charge is 2.25. The van der Waals surface area contributed by atoms with Crippen molar-refractivity contribution in [1.29, 1.82) is 0 Å². The Morgan fingerprint density at radius 2 is 2.06 bits per heavy atom. The summed E-state index contributed by atoms with van der Waals surface area (Å²) in [5.41, 5.74) is 3.50. The third kappa shape index (κ3) is 4.72. The van der Waals surface area contributed by atoms with Crippen LogP contribution in [0.25, 0.3) is 11.4 Å². The van der Waals surface area contributed by atoms with Gasteiger partial charge in [0, 0.05) is 12.1 Å². The van der Waals surface area contributed by atoms with Crippen LogP contribution in [0.5, 0.6) is 5.75 Å². The number of aromatic nitrogens is 3. The number of nitrogens with zero attached hydrogens (tertiary/aromatic N) is 3. The number of carbonyl (C=O) groups is 1. The molecule has 1 aliphatic carbocycles. The molecule has 166 valence electrons. The van der Waals surface area contributed by atoms with E-state index in [4.69, 9.17) is 4.74 Å². The van der Waals surface area contributed by atoms with Crippen molar-refractivity contribution in [2.45, 2.75) is 49.2 Å². The maximum absolute atomic E-state index is 13.0. The fraction of sp³-hybridized carbons (Fsp3) is 0.320. The van der Waals surface area contributed by atoms with Gasteiger partial charge in [0.25, 0.3) is 0 Å². The second-order valence-electron chi connectivity index (χ2n) is 7.85. The Hall–Kier alpha value is -3.06. The molecule has 1 amide bonds. The first kappa shape index (κ1) is 22.1. The Bertz CT molecular complexity index is 1090. The van der Waals surface area contributed by atoms with Crippen LogP contribution in [0.1, 0.15) is 36.9 Å². The van der Waals surface area contributed by atoms with Gasteiger partial charge in [-0.25, -0.2) is 0 Å². The third-order valence-electron chi connectivity index (χ3n) is 5.71. The first-order valence-electron chi connectivity index (χ1n) is 10.8. The van der Waals surface area contributed by atoms with E-state index in [2.05, 4.69) is 40.3 Å². The summed E-state index contributed by atoms with van der Waals surface area (Å²) in [6, 6.07) is 16.1. The highest BCUT2D eigenvalue weighted by Crippen LogP contribution is 2.31. The van der Waals surface area contributed by atoms with Crippen LogP contribution in [0.4, 0.5) is 0 Å². The van der Waals surface area contributed by atoms with E-state index in [1.807, 2.05) is 47.9 Å². The number of aryl methyl sites for hydroxylation is 1. The molecule has 0 aliphatic heterocycles. The molecule has 0 saturated carbocycles. The van der Waals surface area contributed by atoms with Crippen molar-refractivity contribution < 1.29 is 9.53 Å². The van der Waals surface area contributed by atoms with Gasteiger partial charge in [-0.2, -0.15) is 0 Å². The molecule has 0 fully saturated rings. The number of fused-ring (bicyclic) bond motifs is 1. The summed E-state index contributed by atoms with van der Waals surface area (Å²) in [7, 11) is 1.64. The summed E-state index contributed by atoms with van der Waals surface area (Å²) in [5, 5.41) is 12.4. The highest BCUT2D eigenvalue weighted by molar-refractivity contribution is 8.00. The lowest BCUT2D eigenvalue weighted by molar-refractivity contribution is -0.121. The molecule has 3 aromatic rings. The highest BCUT2D eigenvalue weighted by atomic mass is 32.2. The molecule has 7 heteroatoms. The van der Waals surface area contributed by atoms with Crippen molar-refractivity contribution in [3.05, 3.63) is 72.3 Å². The van der Waals surface area contributed by atoms with Crippen molar-refractivity contribution in [2.75, 3.05) is 7.11 Å². The first-order valence-corrected chi connectivity index (χ1v) is 11.7. The largest absolute Gasteiger partial charge is 0.497 e. The number of carbonyl (C=O) groups excluding carboxylic acids is 1. The van der Waals surface area contributed by atoms with Gasteiger partial charge in [0.1, 0.15) is 5.75 Å². The van der Waals surface area contributed by atoms with Gasteiger partial charge >= 0.3 is 0 Å². The summed E-state index contributed by atoms with van der Waals surface area (Å²) in [6.45, 7) is 6.33.